The summed E-state index contributed by atoms with van der Waals surface area (Å²) in [6.45, 7) is 5.50. The van der Waals surface area contributed by atoms with Crippen LogP contribution < -0.4 is 10.5 Å². The Balaban J connectivity index is 2.31. The van der Waals surface area contributed by atoms with Crippen LogP contribution in [0, 0.1) is 5.92 Å². The van der Waals surface area contributed by atoms with Crippen molar-refractivity contribution in [2.75, 3.05) is 38.6 Å². The largest absolute Gasteiger partial charge is 0.381 e. The molecule has 0 bridgehead atoms. The Labute approximate surface area is 127 Å². The van der Waals surface area contributed by atoms with Crippen LogP contribution in [0.15, 0.2) is 0 Å². The lowest BCUT2D eigenvalue weighted by atomic mass is 9.91. The van der Waals surface area contributed by atoms with Gasteiger partial charge in [0.2, 0.25) is 15.9 Å². The fourth-order valence-electron chi connectivity index (χ4n) is 2.34. The molecule has 1 rings (SSSR count). The van der Waals surface area contributed by atoms with Gasteiger partial charge in [0.05, 0.1) is 18.9 Å². The number of nitrogens with one attached hydrogen (secondary N) is 1. The number of nitrogens with zero attached hydrogens (tertiary/aromatic N) is 1. The number of ether oxygens (including phenoxy) is 1. The van der Waals surface area contributed by atoms with E-state index >= 15 is 0 Å². The molecule has 1 atom stereocenters. The van der Waals surface area contributed by atoms with Crippen LogP contribution >= 0.6 is 0 Å². The Kier molecular flexibility index (Phi) is 7.58. The summed E-state index contributed by atoms with van der Waals surface area (Å²) < 4.78 is 30.6. The molecule has 0 aromatic heterocycles. The highest BCUT2D eigenvalue weighted by Crippen LogP contribution is 2.19. The fraction of sp³-hybridized carbons (Fsp3) is 0.923. The Hall–Kier alpha value is -0.700. The second-order valence-corrected chi connectivity index (χ2v) is 7.34. The van der Waals surface area contributed by atoms with Crippen LogP contribution in [0.25, 0.3) is 0 Å². The van der Waals surface area contributed by atoms with Crippen LogP contribution in [-0.4, -0.2) is 63.9 Å². The van der Waals surface area contributed by atoms with E-state index in [4.69, 9.17) is 10.5 Å². The first-order chi connectivity index (χ1) is 9.85. The van der Waals surface area contributed by atoms with Gasteiger partial charge in [0, 0.05) is 25.7 Å². The van der Waals surface area contributed by atoms with Crippen molar-refractivity contribution in [3.63, 3.8) is 0 Å². The van der Waals surface area contributed by atoms with E-state index in [0.717, 1.165) is 12.8 Å². The molecular formula is C13H27N3O4S. The Bertz CT molecular complexity index is 417. The van der Waals surface area contributed by atoms with Crippen LogP contribution in [-0.2, 0) is 19.6 Å². The van der Waals surface area contributed by atoms with Gasteiger partial charge in [-0.2, -0.15) is 0 Å². The standard InChI is InChI=1S/C13H27N3O4S/c1-3-20-8-9-21(18,19)15-10-13(17)16-6-4-12(5-7-16)11(2)14/h11-12,15H,3-10,14H2,1-2H3. The van der Waals surface area contributed by atoms with Gasteiger partial charge in [-0.05, 0) is 32.6 Å². The van der Waals surface area contributed by atoms with Crippen LogP contribution in [0.5, 0.6) is 0 Å². The maximum absolute atomic E-state index is 12.0. The molecule has 7 nitrogen and oxygen atoms in total. The lowest BCUT2D eigenvalue weighted by Gasteiger charge is -2.33. The number of piperidine rings is 1. The van der Waals surface area contributed by atoms with Crippen molar-refractivity contribution in [2.45, 2.75) is 32.7 Å². The zero-order valence-electron chi connectivity index (χ0n) is 12.9. The predicted octanol–water partition coefficient (Wildman–Crippen LogP) is -0.472. The molecule has 1 heterocycles. The Morgan fingerprint density at radius 3 is 2.57 bits per heavy atom. The molecule has 1 fully saturated rings. The van der Waals surface area contributed by atoms with Crippen molar-refractivity contribution in [2.24, 2.45) is 11.7 Å². The number of rotatable bonds is 8. The zero-order valence-corrected chi connectivity index (χ0v) is 13.7. The van der Waals surface area contributed by atoms with Crippen LogP contribution in [0.2, 0.25) is 0 Å². The molecule has 124 valence electrons. The van der Waals surface area contributed by atoms with Crippen LogP contribution in [0.3, 0.4) is 0 Å². The van der Waals surface area contributed by atoms with Gasteiger partial charge < -0.3 is 15.4 Å². The molecule has 1 aliphatic heterocycles. The molecule has 0 aliphatic carbocycles. The van der Waals surface area contributed by atoms with Gasteiger partial charge in [-0.25, -0.2) is 13.1 Å². The molecule has 21 heavy (non-hydrogen) atoms. The minimum Gasteiger partial charge on any atom is -0.381 e. The quantitative estimate of drug-likeness (QED) is 0.588. The molecule has 0 aromatic carbocycles. The third-order valence-corrected chi connectivity index (χ3v) is 5.07. The predicted molar refractivity (Wildman–Crippen MR) is 81.2 cm³/mol. The highest BCUT2D eigenvalue weighted by Gasteiger charge is 2.25. The number of nitrogens with two attached hydrogens (primary N) is 1. The number of likely N-dealkylation sites (tertiary alicyclic amines) is 1. The van der Waals surface area contributed by atoms with Crippen molar-refractivity contribution in [1.82, 2.24) is 9.62 Å². The molecular weight excluding hydrogens is 294 g/mol. The van der Waals surface area contributed by atoms with Crippen LogP contribution in [0.4, 0.5) is 0 Å². The number of amides is 1. The molecule has 1 unspecified atom stereocenters. The third-order valence-electron chi connectivity index (χ3n) is 3.78. The fourth-order valence-corrected chi connectivity index (χ4v) is 3.17. The Morgan fingerprint density at radius 1 is 1.43 bits per heavy atom. The summed E-state index contributed by atoms with van der Waals surface area (Å²) in [5.74, 6) is 0.135. The lowest BCUT2D eigenvalue weighted by Crippen LogP contribution is -2.46. The van der Waals surface area contributed by atoms with Crippen LogP contribution in [0.1, 0.15) is 26.7 Å². The Morgan fingerprint density at radius 2 is 2.05 bits per heavy atom. The highest BCUT2D eigenvalue weighted by molar-refractivity contribution is 7.89. The van der Waals surface area contributed by atoms with E-state index < -0.39 is 10.0 Å². The highest BCUT2D eigenvalue weighted by atomic mass is 32.2. The second kappa shape index (κ2) is 8.67. The van der Waals surface area contributed by atoms with E-state index in [1.807, 2.05) is 6.92 Å². The molecule has 0 spiro atoms. The SMILES string of the molecule is CCOCCS(=O)(=O)NCC(=O)N1CCC(C(C)N)CC1. The summed E-state index contributed by atoms with van der Waals surface area (Å²) in [6, 6.07) is 0.138. The van der Waals surface area contributed by atoms with Gasteiger partial charge in [0.15, 0.2) is 0 Å². The van der Waals surface area contributed by atoms with Gasteiger partial charge in [-0.1, -0.05) is 0 Å². The average Bonchev–Trinajstić information content (AvgIpc) is 2.45. The van der Waals surface area contributed by atoms with Gasteiger partial charge in [-0.15, -0.1) is 0 Å². The van der Waals surface area contributed by atoms with Gasteiger partial charge in [0.1, 0.15) is 0 Å². The number of hydrogen-bond acceptors (Lipinski definition) is 5. The van der Waals surface area contributed by atoms with Crippen molar-refractivity contribution < 1.29 is 17.9 Å². The monoisotopic (exact) mass is 321 g/mol. The van der Waals surface area contributed by atoms with Crippen molar-refractivity contribution >= 4 is 15.9 Å². The number of carbonyl (C=O) groups excluding carboxylic acids is 1. The molecule has 0 aromatic rings. The minimum absolute atomic E-state index is 0.124. The maximum atomic E-state index is 12.0. The maximum Gasteiger partial charge on any atom is 0.237 e. The second-order valence-electron chi connectivity index (χ2n) is 5.41. The molecule has 8 heteroatoms. The van der Waals surface area contributed by atoms with E-state index in [9.17, 15) is 13.2 Å². The molecule has 3 N–H and O–H groups in total. The number of carbonyl (C=O) groups is 1. The molecule has 1 saturated heterocycles. The molecule has 0 saturated carbocycles. The summed E-state index contributed by atoms with van der Waals surface area (Å²) >= 11 is 0. The summed E-state index contributed by atoms with van der Waals surface area (Å²) in [5.41, 5.74) is 5.86. The molecule has 1 amide bonds. The molecule has 0 radical (unpaired) electrons. The molecule has 1 aliphatic rings. The van der Waals surface area contributed by atoms with Gasteiger partial charge in [0.25, 0.3) is 0 Å². The number of sulfonamides is 1. The third kappa shape index (κ3) is 6.73. The topological polar surface area (TPSA) is 102 Å². The lowest BCUT2D eigenvalue weighted by molar-refractivity contribution is -0.131. The minimum atomic E-state index is -3.45. The van der Waals surface area contributed by atoms with E-state index in [0.29, 0.717) is 25.6 Å². The zero-order chi connectivity index (χ0) is 15.9. The summed E-state index contributed by atoms with van der Waals surface area (Å²) in [7, 11) is -3.45. The first-order valence-corrected chi connectivity index (χ1v) is 9.09. The van der Waals surface area contributed by atoms with E-state index in [1.54, 1.807) is 11.8 Å². The summed E-state index contributed by atoms with van der Waals surface area (Å²) in [6.07, 6.45) is 1.75. The first kappa shape index (κ1) is 18.3. The van der Waals surface area contributed by atoms with Crippen molar-refractivity contribution in [3.8, 4) is 0 Å². The number of hydrogen-bond donors (Lipinski definition) is 2. The van der Waals surface area contributed by atoms with Gasteiger partial charge in [-0.3, -0.25) is 4.79 Å². The van der Waals surface area contributed by atoms with E-state index in [-0.39, 0.29) is 30.9 Å². The summed E-state index contributed by atoms with van der Waals surface area (Å²) in [5, 5.41) is 0. The van der Waals surface area contributed by atoms with Crippen molar-refractivity contribution in [1.29, 1.82) is 0 Å². The normalized spacial score (nSPS) is 18.7. The first-order valence-electron chi connectivity index (χ1n) is 7.44. The van der Waals surface area contributed by atoms with Gasteiger partial charge >= 0.3 is 0 Å². The van der Waals surface area contributed by atoms with Crippen molar-refractivity contribution in [3.05, 3.63) is 0 Å². The average molecular weight is 321 g/mol. The summed E-state index contributed by atoms with van der Waals surface area (Å²) in [4.78, 5) is 13.7. The van der Waals surface area contributed by atoms with E-state index in [2.05, 4.69) is 4.72 Å². The van der Waals surface area contributed by atoms with E-state index in [1.165, 1.54) is 0 Å². The smallest absolute Gasteiger partial charge is 0.237 e.